The summed E-state index contributed by atoms with van der Waals surface area (Å²) in [6.45, 7) is 7.69. The largest absolute Gasteiger partial charge is 1.00 e. The second kappa shape index (κ2) is 15.7. The predicted octanol–water partition coefficient (Wildman–Crippen LogP) is 4.27. The van der Waals surface area contributed by atoms with Crippen LogP contribution in [0.4, 0.5) is 0 Å². The molecule has 0 saturated carbocycles. The number of aromatic carboxylic acids is 1. The van der Waals surface area contributed by atoms with Crippen LogP contribution < -0.4 is 29.6 Å². The third-order valence-corrected chi connectivity index (χ3v) is 9.70. The molecule has 4 N–H and O–H groups in total. The van der Waals surface area contributed by atoms with Gasteiger partial charge in [-0.1, -0.05) is 64.1 Å². The average molecular weight is 683 g/mol. The Morgan fingerprint density at radius 2 is 1.13 bits per heavy atom. The first-order valence-corrected chi connectivity index (χ1v) is 15.7. The van der Waals surface area contributed by atoms with Crippen LogP contribution in [0.25, 0.3) is 21.8 Å². The summed E-state index contributed by atoms with van der Waals surface area (Å²) in [5, 5.41) is 11.4. The molecule has 0 fully saturated rings. The number of carbonyl (C=O) groups is 4. The summed E-state index contributed by atoms with van der Waals surface area (Å²) in [7, 11) is 1.31. The molecule has 4 aromatic heterocycles. The van der Waals surface area contributed by atoms with Crippen molar-refractivity contribution in [3.63, 3.8) is 0 Å². The number of esters is 1. The average Bonchev–Trinajstić information content (AvgIpc) is 3.84. The summed E-state index contributed by atoms with van der Waals surface area (Å²) in [5.74, 6) is -1.96. The maximum absolute atomic E-state index is 12.8. The van der Waals surface area contributed by atoms with Crippen LogP contribution in [0.5, 0.6) is 0 Å². The summed E-state index contributed by atoms with van der Waals surface area (Å²) in [4.78, 5) is 64.4. The Balaban J connectivity index is 0.000000245. The molecule has 47 heavy (non-hydrogen) atoms. The van der Waals surface area contributed by atoms with Gasteiger partial charge in [0.2, 0.25) is 11.6 Å². The molecule has 4 heterocycles. The van der Waals surface area contributed by atoms with Crippen LogP contribution in [-0.4, -0.2) is 61.1 Å². The van der Waals surface area contributed by atoms with Crippen LogP contribution in [0.15, 0.2) is 60.9 Å². The molecule has 0 spiro atoms. The van der Waals surface area contributed by atoms with Crippen molar-refractivity contribution in [2.75, 3.05) is 7.11 Å². The number of aromatic nitrogens is 4. The van der Waals surface area contributed by atoms with E-state index in [-0.39, 0.29) is 74.8 Å². The van der Waals surface area contributed by atoms with Gasteiger partial charge in [0.1, 0.15) is 0 Å². The number of methoxy groups -OCH3 is 1. The Kier molecular flexibility index (Phi) is 12.6. The van der Waals surface area contributed by atoms with Crippen molar-refractivity contribution in [2.45, 2.75) is 39.5 Å². The molecule has 0 radical (unpaired) electrons. The number of H-pyrrole nitrogens is 2. The molecule has 0 aliphatic rings. The molecular formula is C33H31N4NaO7S2. The number of rotatable bonds is 8. The smallest absolute Gasteiger partial charge is 0.870 e. The van der Waals surface area contributed by atoms with E-state index in [1.807, 2.05) is 76.2 Å². The minimum absolute atomic E-state index is 0. The van der Waals surface area contributed by atoms with Gasteiger partial charge in [0, 0.05) is 44.0 Å². The molecule has 6 aromatic rings. The Hall–Kier alpha value is -3.98. The molecule has 11 nitrogen and oxygen atoms in total. The summed E-state index contributed by atoms with van der Waals surface area (Å²) >= 11 is 2.41. The van der Waals surface area contributed by atoms with E-state index in [1.165, 1.54) is 18.4 Å². The van der Waals surface area contributed by atoms with Crippen molar-refractivity contribution in [3.05, 3.63) is 103 Å². The number of thiazole rings is 2. The van der Waals surface area contributed by atoms with Gasteiger partial charge in [0.25, 0.3) is 0 Å². The molecule has 14 heteroatoms. The van der Waals surface area contributed by atoms with E-state index in [0.29, 0.717) is 21.0 Å². The van der Waals surface area contributed by atoms with Crippen molar-refractivity contribution in [1.82, 2.24) is 19.9 Å². The Bertz CT molecular complexity index is 2070. The Morgan fingerprint density at radius 3 is 1.51 bits per heavy atom. The van der Waals surface area contributed by atoms with E-state index in [4.69, 9.17) is 4.74 Å². The summed E-state index contributed by atoms with van der Waals surface area (Å²) in [6, 6.07) is 15.1. The quantitative estimate of drug-likeness (QED) is 0.120. The van der Waals surface area contributed by atoms with Gasteiger partial charge in [0.05, 0.1) is 18.2 Å². The van der Waals surface area contributed by atoms with Gasteiger partial charge in [-0.05, 0) is 24.0 Å². The zero-order valence-electron chi connectivity index (χ0n) is 26.6. The van der Waals surface area contributed by atoms with Crippen molar-refractivity contribution >= 4 is 68.0 Å². The predicted molar refractivity (Wildman–Crippen MR) is 176 cm³/mol. The molecule has 0 saturated heterocycles. The number of hydrogen-bond donors (Lipinski definition) is 3. The minimum Gasteiger partial charge on any atom is -0.870 e. The van der Waals surface area contributed by atoms with Gasteiger partial charge in [-0.2, -0.15) is 0 Å². The van der Waals surface area contributed by atoms with E-state index >= 15 is 0 Å². The van der Waals surface area contributed by atoms with Gasteiger partial charge in [-0.25, -0.2) is 19.6 Å². The zero-order chi connectivity index (χ0) is 32.4. The van der Waals surface area contributed by atoms with Gasteiger partial charge >= 0.3 is 41.5 Å². The number of carboxylic acids is 1. The van der Waals surface area contributed by atoms with Crippen molar-refractivity contribution in [2.24, 2.45) is 0 Å². The number of carbonyl (C=O) groups excluding carboxylic acids is 3. The topological polar surface area (TPSA) is 185 Å². The zero-order valence-corrected chi connectivity index (χ0v) is 30.2. The molecular weight excluding hydrogens is 652 g/mol. The Labute approximate surface area is 300 Å². The molecule has 0 aliphatic heterocycles. The van der Waals surface area contributed by atoms with Crippen LogP contribution in [0.3, 0.4) is 0 Å². The summed E-state index contributed by atoms with van der Waals surface area (Å²) in [5.41, 5.74) is 3.03. The number of benzene rings is 2. The molecule has 0 aliphatic carbocycles. The first-order valence-electron chi connectivity index (χ1n) is 14.1. The van der Waals surface area contributed by atoms with Gasteiger partial charge in [-0.15, -0.1) is 22.7 Å². The SMILES string of the molecule is CC(C)c1sc(C(=O)c2c[nH]c3ccccc23)nc1C(=O)O.COC(=O)c1nc(C(=O)c2c[nH]c3ccccc23)sc1C(C)C.[Na+].[OH-]. The number of nitrogens with one attached hydrogen (secondary N) is 2. The van der Waals surface area contributed by atoms with Crippen LogP contribution in [0, 0.1) is 0 Å². The van der Waals surface area contributed by atoms with Crippen molar-refractivity contribution < 1.29 is 64.1 Å². The fourth-order valence-electron chi connectivity index (χ4n) is 4.79. The van der Waals surface area contributed by atoms with Gasteiger partial charge < -0.3 is 25.3 Å². The first-order chi connectivity index (χ1) is 21.5. The number of ketones is 2. The molecule has 2 aromatic carbocycles. The van der Waals surface area contributed by atoms with E-state index in [1.54, 1.807) is 12.4 Å². The van der Waals surface area contributed by atoms with E-state index in [2.05, 4.69) is 19.9 Å². The minimum atomic E-state index is -1.10. The normalized spacial score (nSPS) is 10.7. The van der Waals surface area contributed by atoms with Crippen molar-refractivity contribution in [1.29, 1.82) is 0 Å². The number of aromatic amines is 2. The van der Waals surface area contributed by atoms with Crippen molar-refractivity contribution in [3.8, 4) is 0 Å². The maximum Gasteiger partial charge on any atom is 1.00 e. The second-order valence-electron chi connectivity index (χ2n) is 10.7. The standard InChI is InChI=1S/C17H16N2O3S.C16H14N2O3S.Na.H2O/c1-9(2)15-13(17(21)22-3)19-16(23-15)14(20)11-8-18-12-7-5-4-6-10(11)12;1-8(2)14-12(16(20)21)18-15(22-14)13(19)10-7-17-11-6-4-3-5-9(10)11;;/h4-9,18H,1-3H3;3-8,17H,1-2H3,(H,20,21);;1H2/q;;+1;/p-1. The number of carboxylic acid groups (broad SMARTS) is 1. The monoisotopic (exact) mass is 682 g/mol. The van der Waals surface area contributed by atoms with Crippen LogP contribution >= 0.6 is 22.7 Å². The van der Waals surface area contributed by atoms with Crippen LogP contribution in [-0.2, 0) is 4.74 Å². The summed E-state index contributed by atoms with van der Waals surface area (Å²) in [6.07, 6.45) is 3.32. The van der Waals surface area contributed by atoms with Gasteiger partial charge in [-0.3, -0.25) is 9.59 Å². The number of ether oxygens (including phenoxy) is 1. The molecule has 0 bridgehead atoms. The fourth-order valence-corrected chi connectivity index (χ4v) is 6.81. The fraction of sp³-hybridized carbons (Fsp3) is 0.212. The number of fused-ring (bicyclic) bond motifs is 2. The molecule has 0 unspecified atom stereocenters. The Morgan fingerprint density at radius 1 is 0.723 bits per heavy atom. The third-order valence-electron chi connectivity index (χ3n) is 6.99. The maximum atomic E-state index is 12.8. The molecule has 238 valence electrons. The summed E-state index contributed by atoms with van der Waals surface area (Å²) < 4.78 is 4.77. The number of hydrogen-bond acceptors (Lipinski definition) is 10. The van der Waals surface area contributed by atoms with E-state index < -0.39 is 11.9 Å². The van der Waals surface area contributed by atoms with Crippen LogP contribution in [0.1, 0.15) is 101 Å². The van der Waals surface area contributed by atoms with Crippen LogP contribution in [0.2, 0.25) is 0 Å². The molecule has 0 atom stereocenters. The second-order valence-corrected chi connectivity index (χ2v) is 12.8. The number of nitrogens with zero attached hydrogens (tertiary/aromatic N) is 2. The first kappa shape index (κ1) is 37.5. The molecule has 0 amide bonds. The van der Waals surface area contributed by atoms with E-state index in [9.17, 15) is 24.3 Å². The van der Waals surface area contributed by atoms with Gasteiger partial charge in [0.15, 0.2) is 21.4 Å². The van der Waals surface area contributed by atoms with E-state index in [0.717, 1.165) is 38.0 Å². The number of para-hydroxylation sites is 2. The third kappa shape index (κ3) is 7.61. The molecule has 6 rings (SSSR count).